The molecule has 2 aromatic carbocycles. The molecular formula is C20H20ClN3O3. The minimum absolute atomic E-state index is 0.0140. The predicted octanol–water partition coefficient (Wildman–Crippen LogP) is 3.84. The average Bonchev–Trinajstić information content (AvgIpc) is 3.22. The smallest absolute Gasteiger partial charge is 0.187 e. The van der Waals surface area contributed by atoms with Crippen molar-refractivity contribution in [2.24, 2.45) is 0 Å². The summed E-state index contributed by atoms with van der Waals surface area (Å²) in [7, 11) is 0. The molecule has 0 aliphatic rings. The molecule has 0 aliphatic carbocycles. The van der Waals surface area contributed by atoms with Gasteiger partial charge < -0.3 is 9.47 Å². The highest BCUT2D eigenvalue weighted by Crippen LogP contribution is 2.18. The van der Waals surface area contributed by atoms with Gasteiger partial charge in [0, 0.05) is 23.6 Å². The fourth-order valence-corrected chi connectivity index (χ4v) is 2.81. The zero-order valence-electron chi connectivity index (χ0n) is 14.7. The number of ether oxygens (including phenoxy) is 2. The van der Waals surface area contributed by atoms with Crippen molar-refractivity contribution < 1.29 is 14.3 Å². The van der Waals surface area contributed by atoms with E-state index in [4.69, 9.17) is 21.1 Å². The molecule has 7 heteroatoms. The molecule has 0 spiro atoms. The highest BCUT2D eigenvalue weighted by Gasteiger charge is 2.22. The van der Waals surface area contributed by atoms with Gasteiger partial charge in [-0.05, 0) is 18.2 Å². The topological polar surface area (TPSA) is 66.2 Å². The molecule has 0 N–H and O–H groups in total. The molecule has 1 heterocycles. The summed E-state index contributed by atoms with van der Waals surface area (Å²) in [5.74, 6) is 0.686. The fourth-order valence-electron chi connectivity index (χ4n) is 2.63. The van der Waals surface area contributed by atoms with Crippen LogP contribution in [0.2, 0.25) is 5.02 Å². The molecule has 0 saturated heterocycles. The van der Waals surface area contributed by atoms with Gasteiger partial charge in [0.1, 0.15) is 31.1 Å². The Kier molecular flexibility index (Phi) is 6.96. The third-order valence-corrected chi connectivity index (χ3v) is 4.18. The van der Waals surface area contributed by atoms with Crippen molar-refractivity contribution in [2.75, 3.05) is 19.8 Å². The van der Waals surface area contributed by atoms with Gasteiger partial charge in [-0.25, -0.2) is 9.67 Å². The van der Waals surface area contributed by atoms with Crippen LogP contribution in [0.4, 0.5) is 0 Å². The molecule has 0 radical (unpaired) electrons. The maximum atomic E-state index is 12.8. The fraction of sp³-hybridized carbons (Fsp3) is 0.250. The largest absolute Gasteiger partial charge is 0.491 e. The second-order valence-electron chi connectivity index (χ2n) is 5.83. The van der Waals surface area contributed by atoms with Gasteiger partial charge in [-0.1, -0.05) is 48.0 Å². The number of hydrogen-bond acceptors (Lipinski definition) is 5. The highest BCUT2D eigenvalue weighted by molar-refractivity contribution is 6.30. The van der Waals surface area contributed by atoms with Gasteiger partial charge >= 0.3 is 0 Å². The molecule has 140 valence electrons. The van der Waals surface area contributed by atoms with Crippen molar-refractivity contribution in [3.8, 4) is 5.75 Å². The molecule has 0 aliphatic heterocycles. The minimum Gasteiger partial charge on any atom is -0.491 e. The van der Waals surface area contributed by atoms with Crippen molar-refractivity contribution in [1.29, 1.82) is 0 Å². The first-order valence-corrected chi connectivity index (χ1v) is 9.01. The molecule has 3 rings (SSSR count). The second kappa shape index (κ2) is 9.85. The van der Waals surface area contributed by atoms with Crippen LogP contribution in [0.25, 0.3) is 0 Å². The quantitative estimate of drug-likeness (QED) is 0.392. The van der Waals surface area contributed by atoms with E-state index >= 15 is 0 Å². The molecule has 1 atom stereocenters. The molecule has 0 saturated carbocycles. The van der Waals surface area contributed by atoms with E-state index < -0.39 is 6.04 Å². The zero-order chi connectivity index (χ0) is 18.9. The number of Topliss-reactive ketones (excluding diaryl/α,β-unsaturated/α-hetero) is 1. The second-order valence-corrected chi connectivity index (χ2v) is 6.26. The predicted molar refractivity (Wildman–Crippen MR) is 102 cm³/mol. The number of carbonyl (C=O) groups excluding carboxylic acids is 1. The molecule has 1 aromatic heterocycles. The van der Waals surface area contributed by atoms with Crippen LogP contribution in [0.3, 0.4) is 0 Å². The lowest BCUT2D eigenvalue weighted by atomic mass is 10.0. The first kappa shape index (κ1) is 19.1. The maximum absolute atomic E-state index is 12.8. The van der Waals surface area contributed by atoms with Crippen LogP contribution in [0.15, 0.2) is 67.3 Å². The van der Waals surface area contributed by atoms with E-state index in [9.17, 15) is 4.79 Å². The van der Waals surface area contributed by atoms with Crippen LogP contribution in [0.5, 0.6) is 5.75 Å². The van der Waals surface area contributed by atoms with Gasteiger partial charge in [-0.3, -0.25) is 4.79 Å². The number of carbonyl (C=O) groups is 1. The van der Waals surface area contributed by atoms with Gasteiger partial charge in [-0.15, -0.1) is 0 Å². The van der Waals surface area contributed by atoms with Crippen molar-refractivity contribution in [3.05, 3.63) is 77.8 Å². The van der Waals surface area contributed by atoms with Crippen LogP contribution >= 0.6 is 11.6 Å². The van der Waals surface area contributed by atoms with Crippen LogP contribution in [-0.4, -0.2) is 40.4 Å². The number of rotatable bonds is 10. The summed E-state index contributed by atoms with van der Waals surface area (Å²) in [6.07, 6.45) is 3.47. The maximum Gasteiger partial charge on any atom is 0.187 e. The SMILES string of the molecule is O=C(c1ccccc1)C(CCOCCOc1cccc(Cl)c1)n1cncn1. The third kappa shape index (κ3) is 5.64. The Morgan fingerprint density at radius 1 is 1.07 bits per heavy atom. The van der Waals surface area contributed by atoms with E-state index in [1.54, 1.807) is 35.3 Å². The summed E-state index contributed by atoms with van der Waals surface area (Å²) in [5, 5.41) is 4.75. The van der Waals surface area contributed by atoms with E-state index in [-0.39, 0.29) is 5.78 Å². The van der Waals surface area contributed by atoms with Crippen molar-refractivity contribution >= 4 is 17.4 Å². The van der Waals surface area contributed by atoms with E-state index in [1.165, 1.54) is 6.33 Å². The zero-order valence-corrected chi connectivity index (χ0v) is 15.5. The number of aromatic nitrogens is 3. The molecule has 27 heavy (non-hydrogen) atoms. The summed E-state index contributed by atoms with van der Waals surface area (Å²) >= 11 is 5.91. The number of ketones is 1. The lowest BCUT2D eigenvalue weighted by Gasteiger charge is -2.16. The van der Waals surface area contributed by atoms with Gasteiger partial charge in [0.05, 0.1) is 6.61 Å². The summed E-state index contributed by atoms with van der Waals surface area (Å²) in [6.45, 7) is 1.22. The van der Waals surface area contributed by atoms with Crippen molar-refractivity contribution in [2.45, 2.75) is 12.5 Å². The van der Waals surface area contributed by atoms with Gasteiger partial charge in [-0.2, -0.15) is 5.10 Å². The van der Waals surface area contributed by atoms with E-state index in [1.807, 2.05) is 30.3 Å². The molecule has 0 bridgehead atoms. The highest BCUT2D eigenvalue weighted by atomic mass is 35.5. The minimum atomic E-state index is -0.455. The molecule has 6 nitrogen and oxygen atoms in total. The summed E-state index contributed by atoms with van der Waals surface area (Å²) in [6, 6.07) is 15.9. The van der Waals surface area contributed by atoms with Crippen LogP contribution in [0.1, 0.15) is 22.8 Å². The van der Waals surface area contributed by atoms with Crippen molar-refractivity contribution in [3.63, 3.8) is 0 Å². The Hall–Kier alpha value is -2.70. The lowest BCUT2D eigenvalue weighted by Crippen LogP contribution is -2.22. The Bertz CT molecular complexity index is 841. The van der Waals surface area contributed by atoms with Crippen molar-refractivity contribution in [1.82, 2.24) is 14.8 Å². The number of hydrogen-bond donors (Lipinski definition) is 0. The Labute approximate surface area is 162 Å². The standard InChI is InChI=1S/C20H20ClN3O3/c21-17-7-4-8-18(13-17)27-12-11-26-10-9-19(24-15-22-14-23-24)20(25)16-5-2-1-3-6-16/h1-8,13-15,19H,9-12H2. The monoisotopic (exact) mass is 385 g/mol. The molecular weight excluding hydrogens is 366 g/mol. The Morgan fingerprint density at radius 3 is 2.67 bits per heavy atom. The van der Waals surface area contributed by atoms with Gasteiger partial charge in [0.25, 0.3) is 0 Å². The van der Waals surface area contributed by atoms with Crippen LogP contribution < -0.4 is 4.74 Å². The first-order chi connectivity index (χ1) is 13.2. The van der Waals surface area contributed by atoms with Crippen LogP contribution in [0, 0.1) is 0 Å². The molecule has 1 unspecified atom stereocenters. The van der Waals surface area contributed by atoms with E-state index in [0.29, 0.717) is 42.6 Å². The lowest BCUT2D eigenvalue weighted by molar-refractivity contribution is 0.0762. The average molecular weight is 386 g/mol. The summed E-state index contributed by atoms with van der Waals surface area (Å²) in [5.41, 5.74) is 0.641. The first-order valence-electron chi connectivity index (χ1n) is 8.63. The Morgan fingerprint density at radius 2 is 1.93 bits per heavy atom. The van der Waals surface area contributed by atoms with Gasteiger partial charge in [0.15, 0.2) is 5.78 Å². The molecule has 3 aromatic rings. The number of halogens is 1. The molecule has 0 fully saturated rings. The summed E-state index contributed by atoms with van der Waals surface area (Å²) < 4.78 is 12.8. The molecule has 0 amide bonds. The Balaban J connectivity index is 1.48. The summed E-state index contributed by atoms with van der Waals surface area (Å²) in [4.78, 5) is 16.7. The number of nitrogens with zero attached hydrogens (tertiary/aromatic N) is 3. The number of benzene rings is 2. The third-order valence-electron chi connectivity index (χ3n) is 3.95. The normalized spacial score (nSPS) is 11.9. The van der Waals surface area contributed by atoms with Gasteiger partial charge in [0.2, 0.25) is 0 Å². The van der Waals surface area contributed by atoms with Crippen LogP contribution in [-0.2, 0) is 4.74 Å². The van der Waals surface area contributed by atoms with E-state index in [2.05, 4.69) is 10.1 Å². The van der Waals surface area contributed by atoms with E-state index in [0.717, 1.165) is 0 Å².